The van der Waals surface area contributed by atoms with E-state index in [-0.39, 0.29) is 0 Å². The molecule has 4 heteroatoms. The van der Waals surface area contributed by atoms with Crippen LogP contribution >= 0.6 is 31.9 Å². The Morgan fingerprint density at radius 1 is 1.47 bits per heavy atom. The summed E-state index contributed by atoms with van der Waals surface area (Å²) in [4.78, 5) is 0.335. The molecule has 1 heterocycles. The van der Waals surface area contributed by atoms with Gasteiger partial charge in [0.05, 0.1) is 17.7 Å². The molecule has 0 aromatic heterocycles. The minimum atomic E-state index is 0.320. The Morgan fingerprint density at radius 3 is 2.76 bits per heavy atom. The molecule has 0 N–H and O–H groups in total. The van der Waals surface area contributed by atoms with Crippen molar-refractivity contribution in [1.82, 2.24) is 0 Å². The van der Waals surface area contributed by atoms with Gasteiger partial charge in [0, 0.05) is 17.4 Å². The highest BCUT2D eigenvalue weighted by Crippen LogP contribution is 2.41. The van der Waals surface area contributed by atoms with Gasteiger partial charge < -0.3 is 9.47 Å². The first-order chi connectivity index (χ1) is 8.13. The van der Waals surface area contributed by atoms with Crippen LogP contribution in [0.2, 0.25) is 0 Å². The number of methoxy groups -OCH3 is 1. The van der Waals surface area contributed by atoms with Crippen LogP contribution in [0.4, 0.5) is 0 Å². The molecule has 0 saturated carbocycles. The molecule has 17 heavy (non-hydrogen) atoms. The first-order valence-corrected chi connectivity index (χ1v) is 7.43. The second-order valence-corrected chi connectivity index (χ2v) is 6.17. The van der Waals surface area contributed by atoms with Crippen LogP contribution < -0.4 is 4.74 Å². The topological polar surface area (TPSA) is 18.5 Å². The summed E-state index contributed by atoms with van der Waals surface area (Å²) in [5.41, 5.74) is 1.26. The maximum atomic E-state index is 5.62. The van der Waals surface area contributed by atoms with Crippen LogP contribution in [0.1, 0.15) is 23.7 Å². The Bertz CT molecular complexity index is 395. The van der Waals surface area contributed by atoms with E-state index in [1.165, 1.54) is 5.56 Å². The molecule has 1 aliphatic heterocycles. The molecular weight excluding hydrogens is 348 g/mol. The zero-order valence-electron chi connectivity index (χ0n) is 9.95. The average Bonchev–Trinajstić information content (AvgIpc) is 2.74. The lowest BCUT2D eigenvalue weighted by molar-refractivity contribution is 0.105. The predicted octanol–water partition coefficient (Wildman–Crippen LogP) is 4.32. The number of halogens is 2. The molecule has 1 aliphatic rings. The van der Waals surface area contributed by atoms with Crippen LogP contribution in [-0.4, -0.2) is 19.8 Å². The maximum absolute atomic E-state index is 5.62. The number of alkyl halides is 1. The summed E-state index contributed by atoms with van der Waals surface area (Å²) in [5, 5.41) is 0. The normalized spacial score (nSPS) is 25.9. The molecule has 2 nitrogen and oxygen atoms in total. The van der Waals surface area contributed by atoms with Crippen molar-refractivity contribution in [1.29, 1.82) is 0 Å². The SMILES string of the molecule is COc1ccc(C(Br)C2CCOC2C)cc1Br. The van der Waals surface area contributed by atoms with E-state index in [2.05, 4.69) is 50.9 Å². The van der Waals surface area contributed by atoms with Gasteiger partial charge in [0.2, 0.25) is 0 Å². The molecule has 0 bridgehead atoms. The third-order valence-electron chi connectivity index (χ3n) is 3.31. The number of rotatable bonds is 3. The summed E-state index contributed by atoms with van der Waals surface area (Å²) in [7, 11) is 1.68. The van der Waals surface area contributed by atoms with E-state index in [1.54, 1.807) is 7.11 Å². The molecule has 1 aromatic rings. The third-order valence-corrected chi connectivity index (χ3v) is 5.13. The molecule has 1 saturated heterocycles. The largest absolute Gasteiger partial charge is 0.496 e. The molecule has 3 unspecified atom stereocenters. The van der Waals surface area contributed by atoms with Gasteiger partial charge in [0.15, 0.2) is 0 Å². The highest BCUT2D eigenvalue weighted by Gasteiger charge is 2.31. The summed E-state index contributed by atoms with van der Waals surface area (Å²) < 4.78 is 11.9. The molecule has 1 aromatic carbocycles. The number of ether oxygens (including phenoxy) is 2. The van der Waals surface area contributed by atoms with E-state index in [4.69, 9.17) is 9.47 Å². The number of hydrogen-bond donors (Lipinski definition) is 0. The van der Waals surface area contributed by atoms with Gasteiger partial charge in [0.1, 0.15) is 5.75 Å². The summed E-state index contributed by atoms with van der Waals surface area (Å²) in [6.45, 7) is 3.01. The zero-order valence-corrected chi connectivity index (χ0v) is 13.1. The van der Waals surface area contributed by atoms with Crippen molar-refractivity contribution < 1.29 is 9.47 Å². The van der Waals surface area contributed by atoms with Crippen LogP contribution in [0.5, 0.6) is 5.75 Å². The molecule has 2 rings (SSSR count). The van der Waals surface area contributed by atoms with E-state index < -0.39 is 0 Å². The Kier molecular flexibility index (Phi) is 4.50. The molecule has 3 atom stereocenters. The highest BCUT2D eigenvalue weighted by atomic mass is 79.9. The quantitative estimate of drug-likeness (QED) is 0.744. The lowest BCUT2D eigenvalue weighted by Gasteiger charge is -2.21. The van der Waals surface area contributed by atoms with Crippen LogP contribution in [0.25, 0.3) is 0 Å². The Morgan fingerprint density at radius 2 is 2.24 bits per heavy atom. The summed E-state index contributed by atoms with van der Waals surface area (Å²) in [5.74, 6) is 1.40. The maximum Gasteiger partial charge on any atom is 0.133 e. The van der Waals surface area contributed by atoms with Crippen molar-refractivity contribution in [2.24, 2.45) is 5.92 Å². The van der Waals surface area contributed by atoms with Gasteiger partial charge in [-0.3, -0.25) is 0 Å². The van der Waals surface area contributed by atoms with Gasteiger partial charge >= 0.3 is 0 Å². The van der Waals surface area contributed by atoms with E-state index in [0.717, 1.165) is 23.2 Å². The van der Waals surface area contributed by atoms with Crippen molar-refractivity contribution in [2.45, 2.75) is 24.3 Å². The smallest absolute Gasteiger partial charge is 0.133 e. The molecule has 0 amide bonds. The molecule has 1 fully saturated rings. The standard InChI is InChI=1S/C13H16Br2O2/c1-8-10(5-6-17-8)13(15)9-3-4-12(16-2)11(14)7-9/h3-4,7-8,10,13H,5-6H2,1-2H3. The fraction of sp³-hybridized carbons (Fsp3) is 0.538. The van der Waals surface area contributed by atoms with Crippen molar-refractivity contribution in [2.75, 3.05) is 13.7 Å². The Hall–Kier alpha value is -0.0600. The third kappa shape index (κ3) is 2.85. The van der Waals surface area contributed by atoms with Crippen molar-refractivity contribution in [3.8, 4) is 5.75 Å². The Labute approximate surface area is 119 Å². The summed E-state index contributed by atoms with van der Waals surface area (Å²) in [6, 6.07) is 6.21. The lowest BCUT2D eigenvalue weighted by atomic mass is 9.94. The first-order valence-electron chi connectivity index (χ1n) is 5.72. The molecule has 0 radical (unpaired) electrons. The lowest BCUT2D eigenvalue weighted by Crippen LogP contribution is -2.16. The first kappa shape index (κ1) is 13.4. The van der Waals surface area contributed by atoms with E-state index in [0.29, 0.717) is 16.8 Å². The van der Waals surface area contributed by atoms with Gasteiger partial charge in [-0.1, -0.05) is 22.0 Å². The minimum Gasteiger partial charge on any atom is -0.496 e. The van der Waals surface area contributed by atoms with Crippen LogP contribution in [0, 0.1) is 5.92 Å². The Balaban J connectivity index is 2.19. The van der Waals surface area contributed by atoms with Crippen LogP contribution in [0.15, 0.2) is 22.7 Å². The number of hydrogen-bond acceptors (Lipinski definition) is 2. The van der Waals surface area contributed by atoms with Gasteiger partial charge in [-0.15, -0.1) is 0 Å². The molecule has 0 aliphatic carbocycles. The molecular formula is C13H16Br2O2. The number of benzene rings is 1. The van der Waals surface area contributed by atoms with Crippen molar-refractivity contribution in [3.05, 3.63) is 28.2 Å². The van der Waals surface area contributed by atoms with E-state index in [1.807, 2.05) is 6.07 Å². The van der Waals surface area contributed by atoms with Gasteiger partial charge in [-0.05, 0) is 47.0 Å². The fourth-order valence-corrected chi connectivity index (χ4v) is 3.77. The second-order valence-electron chi connectivity index (χ2n) is 4.32. The van der Waals surface area contributed by atoms with Crippen LogP contribution in [-0.2, 0) is 4.74 Å². The highest BCUT2D eigenvalue weighted by molar-refractivity contribution is 9.10. The van der Waals surface area contributed by atoms with Gasteiger partial charge in [-0.25, -0.2) is 0 Å². The van der Waals surface area contributed by atoms with Gasteiger partial charge in [-0.2, -0.15) is 0 Å². The zero-order chi connectivity index (χ0) is 12.4. The van der Waals surface area contributed by atoms with Crippen molar-refractivity contribution >= 4 is 31.9 Å². The second kappa shape index (κ2) is 5.72. The van der Waals surface area contributed by atoms with Crippen LogP contribution in [0.3, 0.4) is 0 Å². The van der Waals surface area contributed by atoms with E-state index >= 15 is 0 Å². The summed E-state index contributed by atoms with van der Waals surface area (Å²) in [6.07, 6.45) is 1.43. The summed E-state index contributed by atoms with van der Waals surface area (Å²) >= 11 is 7.31. The fourth-order valence-electron chi connectivity index (χ4n) is 2.23. The van der Waals surface area contributed by atoms with Gasteiger partial charge in [0.25, 0.3) is 0 Å². The van der Waals surface area contributed by atoms with E-state index in [9.17, 15) is 0 Å². The van der Waals surface area contributed by atoms with Crippen molar-refractivity contribution in [3.63, 3.8) is 0 Å². The molecule has 0 spiro atoms. The predicted molar refractivity (Wildman–Crippen MR) is 75.9 cm³/mol. The monoisotopic (exact) mass is 362 g/mol. The average molecular weight is 364 g/mol. The molecule has 94 valence electrons. The minimum absolute atomic E-state index is 0.320.